The van der Waals surface area contributed by atoms with Crippen molar-refractivity contribution in [1.29, 1.82) is 0 Å². The van der Waals surface area contributed by atoms with Crippen LogP contribution in [-0.4, -0.2) is 64.2 Å². The van der Waals surface area contributed by atoms with E-state index in [2.05, 4.69) is 38.0 Å². The van der Waals surface area contributed by atoms with Crippen molar-refractivity contribution in [2.45, 2.75) is 25.8 Å². The first-order valence-corrected chi connectivity index (χ1v) is 10.6. The van der Waals surface area contributed by atoms with E-state index in [1.54, 1.807) is 0 Å². The number of fused-ring (bicyclic) bond motifs is 1. The fourth-order valence-electron chi connectivity index (χ4n) is 4.45. The molecule has 0 amide bonds. The number of hydrogen-bond donors (Lipinski definition) is 1. The van der Waals surface area contributed by atoms with Crippen LogP contribution in [0.2, 0.25) is 0 Å². The molecule has 0 radical (unpaired) electrons. The molecule has 2 aromatic heterocycles. The largest absolute Gasteiger partial charge is 0.378 e. The lowest BCUT2D eigenvalue weighted by molar-refractivity contribution is 0.122. The number of ether oxygens (including phenoxy) is 1. The standard InChI is InChI=1S/C22H28N6O/c1-2-6-20-19(5-1)25-21(26-20)14-17-4-3-9-27(15-17)16-18-7-8-23-22(24-18)28-10-12-29-13-11-28/h1-2,5-8,17H,3-4,9-16H2,(H,25,26). The van der Waals surface area contributed by atoms with Crippen molar-refractivity contribution >= 4 is 17.0 Å². The van der Waals surface area contributed by atoms with Crippen molar-refractivity contribution in [3.05, 3.63) is 48.0 Å². The molecule has 4 heterocycles. The molecular formula is C22H28N6O. The zero-order valence-corrected chi connectivity index (χ0v) is 16.8. The molecule has 2 fully saturated rings. The number of imidazole rings is 1. The number of H-pyrrole nitrogens is 1. The maximum atomic E-state index is 5.44. The highest BCUT2D eigenvalue weighted by molar-refractivity contribution is 5.74. The Morgan fingerprint density at radius 3 is 2.86 bits per heavy atom. The Hall–Kier alpha value is -2.51. The third kappa shape index (κ3) is 4.41. The molecule has 2 aliphatic rings. The van der Waals surface area contributed by atoms with Crippen LogP contribution in [0.4, 0.5) is 5.95 Å². The number of rotatable bonds is 5. The number of piperidine rings is 1. The number of nitrogens with one attached hydrogen (secondary N) is 1. The summed E-state index contributed by atoms with van der Waals surface area (Å²) in [5.41, 5.74) is 3.30. The first-order chi connectivity index (χ1) is 14.3. The van der Waals surface area contributed by atoms with Crippen LogP contribution >= 0.6 is 0 Å². The highest BCUT2D eigenvalue weighted by Crippen LogP contribution is 2.22. The van der Waals surface area contributed by atoms with Gasteiger partial charge < -0.3 is 14.6 Å². The molecule has 1 N–H and O–H groups in total. The van der Waals surface area contributed by atoms with Gasteiger partial charge in [-0.2, -0.15) is 0 Å². The Balaban J connectivity index is 1.22. The first kappa shape index (κ1) is 18.5. The number of likely N-dealkylation sites (tertiary alicyclic amines) is 1. The molecular weight excluding hydrogens is 364 g/mol. The van der Waals surface area contributed by atoms with E-state index >= 15 is 0 Å². The number of anilines is 1. The topological polar surface area (TPSA) is 70.2 Å². The Kier molecular flexibility index (Phi) is 5.41. The van der Waals surface area contributed by atoms with E-state index in [1.165, 1.54) is 12.8 Å². The Morgan fingerprint density at radius 2 is 1.97 bits per heavy atom. The second-order valence-electron chi connectivity index (χ2n) is 8.10. The van der Waals surface area contributed by atoms with Crippen LogP contribution in [-0.2, 0) is 17.7 Å². The Morgan fingerprint density at radius 1 is 1.07 bits per heavy atom. The summed E-state index contributed by atoms with van der Waals surface area (Å²) in [6.07, 6.45) is 5.39. The van der Waals surface area contributed by atoms with Gasteiger partial charge >= 0.3 is 0 Å². The molecule has 1 atom stereocenters. The van der Waals surface area contributed by atoms with E-state index < -0.39 is 0 Å². The van der Waals surface area contributed by atoms with E-state index in [4.69, 9.17) is 14.7 Å². The maximum absolute atomic E-state index is 5.44. The molecule has 7 heteroatoms. The monoisotopic (exact) mass is 392 g/mol. The minimum absolute atomic E-state index is 0.630. The summed E-state index contributed by atoms with van der Waals surface area (Å²) in [5.74, 6) is 2.57. The summed E-state index contributed by atoms with van der Waals surface area (Å²) in [6.45, 7) is 6.35. The molecule has 0 aliphatic carbocycles. The Labute approximate surface area is 171 Å². The van der Waals surface area contributed by atoms with Crippen LogP contribution in [0.3, 0.4) is 0 Å². The molecule has 3 aromatic rings. The number of aromatic amines is 1. The second-order valence-corrected chi connectivity index (χ2v) is 8.10. The van der Waals surface area contributed by atoms with Gasteiger partial charge in [0, 0.05) is 38.8 Å². The van der Waals surface area contributed by atoms with E-state index in [0.717, 1.165) is 80.9 Å². The van der Waals surface area contributed by atoms with Crippen molar-refractivity contribution in [2.24, 2.45) is 5.92 Å². The van der Waals surface area contributed by atoms with E-state index in [1.807, 2.05) is 18.3 Å². The number of nitrogens with zero attached hydrogens (tertiary/aromatic N) is 5. The van der Waals surface area contributed by atoms with E-state index in [9.17, 15) is 0 Å². The molecule has 152 valence electrons. The summed E-state index contributed by atoms with van der Waals surface area (Å²) < 4.78 is 5.44. The summed E-state index contributed by atoms with van der Waals surface area (Å²) in [5, 5.41) is 0. The normalized spacial score (nSPS) is 21.0. The summed E-state index contributed by atoms with van der Waals surface area (Å²) in [4.78, 5) is 22.3. The molecule has 29 heavy (non-hydrogen) atoms. The van der Waals surface area contributed by atoms with E-state index in [-0.39, 0.29) is 0 Å². The quantitative estimate of drug-likeness (QED) is 0.720. The van der Waals surface area contributed by atoms with Crippen molar-refractivity contribution in [2.75, 3.05) is 44.3 Å². The minimum Gasteiger partial charge on any atom is -0.378 e. The third-order valence-corrected chi connectivity index (χ3v) is 5.90. The second kappa shape index (κ2) is 8.47. The lowest BCUT2D eigenvalue weighted by Crippen LogP contribution is -2.38. The van der Waals surface area contributed by atoms with Crippen molar-refractivity contribution in [3.63, 3.8) is 0 Å². The number of para-hydroxylation sites is 2. The van der Waals surface area contributed by atoms with Crippen LogP contribution in [0.5, 0.6) is 0 Å². The van der Waals surface area contributed by atoms with Gasteiger partial charge in [-0.15, -0.1) is 0 Å². The molecule has 2 saturated heterocycles. The lowest BCUT2D eigenvalue weighted by atomic mass is 9.94. The van der Waals surface area contributed by atoms with Gasteiger partial charge in [-0.05, 0) is 43.5 Å². The van der Waals surface area contributed by atoms with Crippen molar-refractivity contribution in [1.82, 2.24) is 24.8 Å². The summed E-state index contributed by atoms with van der Waals surface area (Å²) in [7, 11) is 0. The van der Waals surface area contributed by atoms with Crippen molar-refractivity contribution < 1.29 is 4.74 Å². The van der Waals surface area contributed by atoms with Gasteiger partial charge in [-0.25, -0.2) is 15.0 Å². The molecule has 0 spiro atoms. The van der Waals surface area contributed by atoms with Crippen LogP contribution in [0, 0.1) is 5.92 Å². The molecule has 0 bridgehead atoms. The average Bonchev–Trinajstić information content (AvgIpc) is 3.17. The fourth-order valence-corrected chi connectivity index (χ4v) is 4.45. The van der Waals surface area contributed by atoms with Gasteiger partial charge in [0.25, 0.3) is 0 Å². The number of morpholine rings is 1. The predicted molar refractivity (Wildman–Crippen MR) is 113 cm³/mol. The van der Waals surface area contributed by atoms with E-state index in [0.29, 0.717) is 5.92 Å². The highest BCUT2D eigenvalue weighted by Gasteiger charge is 2.22. The average molecular weight is 393 g/mol. The molecule has 7 nitrogen and oxygen atoms in total. The number of aromatic nitrogens is 4. The zero-order valence-electron chi connectivity index (χ0n) is 16.8. The fraction of sp³-hybridized carbons (Fsp3) is 0.500. The SMILES string of the molecule is c1ccc2[nH]c(CC3CCCN(Cc4ccnc(N5CCOCC5)n4)C3)nc2c1. The molecule has 1 unspecified atom stereocenters. The van der Waals surface area contributed by atoms with Crippen LogP contribution in [0.15, 0.2) is 36.5 Å². The lowest BCUT2D eigenvalue weighted by Gasteiger charge is -2.32. The maximum Gasteiger partial charge on any atom is 0.225 e. The van der Waals surface area contributed by atoms with Gasteiger partial charge in [0.1, 0.15) is 5.82 Å². The predicted octanol–water partition coefficient (Wildman–Crippen LogP) is 2.64. The van der Waals surface area contributed by atoms with Gasteiger partial charge in [0.05, 0.1) is 29.9 Å². The van der Waals surface area contributed by atoms with Crippen molar-refractivity contribution in [3.8, 4) is 0 Å². The number of benzene rings is 1. The zero-order chi connectivity index (χ0) is 19.5. The molecule has 2 aliphatic heterocycles. The molecule has 0 saturated carbocycles. The molecule has 5 rings (SSSR count). The summed E-state index contributed by atoms with van der Waals surface area (Å²) in [6, 6.07) is 10.3. The van der Waals surface area contributed by atoms with Crippen LogP contribution in [0.1, 0.15) is 24.4 Å². The van der Waals surface area contributed by atoms with Gasteiger partial charge in [-0.1, -0.05) is 12.1 Å². The first-order valence-electron chi connectivity index (χ1n) is 10.6. The van der Waals surface area contributed by atoms with Gasteiger partial charge in [-0.3, -0.25) is 4.90 Å². The van der Waals surface area contributed by atoms with Crippen LogP contribution < -0.4 is 4.90 Å². The summed E-state index contributed by atoms with van der Waals surface area (Å²) >= 11 is 0. The van der Waals surface area contributed by atoms with Crippen LogP contribution in [0.25, 0.3) is 11.0 Å². The Bertz CT molecular complexity index is 918. The van der Waals surface area contributed by atoms with Gasteiger partial charge in [0.15, 0.2) is 0 Å². The minimum atomic E-state index is 0.630. The smallest absolute Gasteiger partial charge is 0.225 e. The highest BCUT2D eigenvalue weighted by atomic mass is 16.5. The molecule has 1 aromatic carbocycles. The van der Waals surface area contributed by atoms with Gasteiger partial charge in [0.2, 0.25) is 5.95 Å². The third-order valence-electron chi connectivity index (χ3n) is 5.90. The number of hydrogen-bond acceptors (Lipinski definition) is 6.